The molecule has 0 bridgehead atoms. The van der Waals surface area contributed by atoms with E-state index in [4.69, 9.17) is 0 Å². The van der Waals surface area contributed by atoms with Gasteiger partial charge in [0.1, 0.15) is 0 Å². The Kier molecular flexibility index (Phi) is 3.49. The fourth-order valence-electron chi connectivity index (χ4n) is 2.30. The number of piperidine rings is 1. The van der Waals surface area contributed by atoms with Gasteiger partial charge in [-0.2, -0.15) is 0 Å². The zero-order valence-corrected chi connectivity index (χ0v) is 10.1. The Morgan fingerprint density at radius 1 is 1.31 bits per heavy atom. The van der Waals surface area contributed by atoms with Crippen LogP contribution in [0, 0.1) is 5.92 Å². The van der Waals surface area contributed by atoms with Gasteiger partial charge in [0, 0.05) is 12.6 Å². The number of carbonyl (C=O) groups is 1. The van der Waals surface area contributed by atoms with Crippen LogP contribution in [0.4, 0.5) is 0 Å². The highest BCUT2D eigenvalue weighted by molar-refractivity contribution is 7.91. The quantitative estimate of drug-likeness (QED) is 0.675. The lowest BCUT2D eigenvalue weighted by Gasteiger charge is -2.24. The van der Waals surface area contributed by atoms with Crippen molar-refractivity contribution in [3.8, 4) is 0 Å². The summed E-state index contributed by atoms with van der Waals surface area (Å²) in [7, 11) is -2.96. The Hall–Kier alpha value is -0.620. The number of amides is 1. The van der Waals surface area contributed by atoms with E-state index in [2.05, 4.69) is 10.6 Å². The standard InChI is InChI=1S/C10H18N2O3S/c13-10(8-3-5-16(14,15)7-8)12-9-2-1-4-11-6-9/h8-9,11H,1-7H2,(H,12,13). The van der Waals surface area contributed by atoms with E-state index in [-0.39, 0.29) is 29.4 Å². The lowest BCUT2D eigenvalue weighted by atomic mass is 10.0. The molecular weight excluding hydrogens is 228 g/mol. The molecule has 0 aromatic heterocycles. The summed E-state index contributed by atoms with van der Waals surface area (Å²) < 4.78 is 22.5. The first-order chi connectivity index (χ1) is 7.57. The van der Waals surface area contributed by atoms with Crippen molar-refractivity contribution < 1.29 is 13.2 Å². The van der Waals surface area contributed by atoms with Gasteiger partial charge in [-0.25, -0.2) is 8.42 Å². The zero-order valence-electron chi connectivity index (χ0n) is 9.24. The molecule has 92 valence electrons. The van der Waals surface area contributed by atoms with Crippen LogP contribution in [-0.4, -0.2) is 45.0 Å². The Morgan fingerprint density at radius 3 is 2.69 bits per heavy atom. The second-order valence-corrected chi connectivity index (χ2v) is 6.88. The molecular formula is C10H18N2O3S. The molecule has 0 saturated carbocycles. The SMILES string of the molecule is O=C(NC1CCCNC1)C1CCS(=O)(=O)C1. The summed E-state index contributed by atoms with van der Waals surface area (Å²) in [6.07, 6.45) is 2.53. The third kappa shape index (κ3) is 2.95. The fraction of sp³-hybridized carbons (Fsp3) is 0.900. The predicted molar refractivity (Wildman–Crippen MR) is 60.8 cm³/mol. The molecule has 2 saturated heterocycles. The highest BCUT2D eigenvalue weighted by Gasteiger charge is 2.33. The normalized spacial score (nSPS) is 33.5. The summed E-state index contributed by atoms with van der Waals surface area (Å²) in [5.41, 5.74) is 0. The maximum Gasteiger partial charge on any atom is 0.224 e. The topological polar surface area (TPSA) is 75.3 Å². The molecule has 2 N–H and O–H groups in total. The summed E-state index contributed by atoms with van der Waals surface area (Å²) in [5, 5.41) is 6.15. The summed E-state index contributed by atoms with van der Waals surface area (Å²) in [6.45, 7) is 1.80. The Bertz CT molecular complexity index is 360. The average Bonchev–Trinajstić information content (AvgIpc) is 2.60. The van der Waals surface area contributed by atoms with E-state index in [1.165, 1.54) is 0 Å². The van der Waals surface area contributed by atoms with Gasteiger partial charge in [-0.3, -0.25) is 4.79 Å². The molecule has 2 aliphatic rings. The Morgan fingerprint density at radius 2 is 2.12 bits per heavy atom. The number of hydrogen-bond donors (Lipinski definition) is 2. The Labute approximate surface area is 95.9 Å². The number of sulfone groups is 1. The van der Waals surface area contributed by atoms with Gasteiger partial charge >= 0.3 is 0 Å². The molecule has 0 aromatic rings. The van der Waals surface area contributed by atoms with Gasteiger partial charge in [0.15, 0.2) is 9.84 Å². The number of rotatable bonds is 2. The largest absolute Gasteiger partial charge is 0.352 e. The van der Waals surface area contributed by atoms with E-state index in [9.17, 15) is 13.2 Å². The highest BCUT2D eigenvalue weighted by atomic mass is 32.2. The summed E-state index contributed by atoms with van der Waals surface area (Å²) in [6, 6.07) is 0.171. The first-order valence-electron chi connectivity index (χ1n) is 5.78. The molecule has 0 spiro atoms. The average molecular weight is 246 g/mol. The summed E-state index contributed by atoms with van der Waals surface area (Å²) in [5.74, 6) is -0.228. The first kappa shape index (κ1) is 11.9. The van der Waals surface area contributed by atoms with E-state index in [1.54, 1.807) is 0 Å². The van der Waals surface area contributed by atoms with Gasteiger partial charge < -0.3 is 10.6 Å². The lowest BCUT2D eigenvalue weighted by Crippen LogP contribution is -2.47. The summed E-state index contributed by atoms with van der Waals surface area (Å²) >= 11 is 0. The third-order valence-electron chi connectivity index (χ3n) is 3.25. The Balaban J connectivity index is 1.84. The maximum atomic E-state index is 11.8. The molecule has 0 aliphatic carbocycles. The van der Waals surface area contributed by atoms with Gasteiger partial charge in [-0.05, 0) is 25.8 Å². The van der Waals surface area contributed by atoms with Crippen LogP contribution in [0.1, 0.15) is 19.3 Å². The smallest absolute Gasteiger partial charge is 0.224 e. The molecule has 2 atom stereocenters. The zero-order chi connectivity index (χ0) is 11.6. The molecule has 0 aromatic carbocycles. The van der Waals surface area contributed by atoms with Crippen molar-refractivity contribution in [2.24, 2.45) is 5.92 Å². The van der Waals surface area contributed by atoms with Crippen LogP contribution in [0.3, 0.4) is 0 Å². The van der Waals surface area contributed by atoms with Crippen molar-refractivity contribution in [3.63, 3.8) is 0 Å². The van der Waals surface area contributed by atoms with Gasteiger partial charge in [-0.1, -0.05) is 0 Å². The van der Waals surface area contributed by atoms with Crippen molar-refractivity contribution in [2.75, 3.05) is 24.6 Å². The van der Waals surface area contributed by atoms with Crippen molar-refractivity contribution >= 4 is 15.7 Å². The van der Waals surface area contributed by atoms with Crippen molar-refractivity contribution in [2.45, 2.75) is 25.3 Å². The molecule has 5 nitrogen and oxygen atoms in total. The molecule has 16 heavy (non-hydrogen) atoms. The molecule has 2 heterocycles. The molecule has 2 fully saturated rings. The van der Waals surface area contributed by atoms with Gasteiger partial charge in [0.25, 0.3) is 0 Å². The minimum Gasteiger partial charge on any atom is -0.352 e. The van der Waals surface area contributed by atoms with Crippen LogP contribution in [0.5, 0.6) is 0 Å². The maximum absolute atomic E-state index is 11.8. The lowest BCUT2D eigenvalue weighted by molar-refractivity contribution is -0.125. The molecule has 1 amide bonds. The minimum atomic E-state index is -2.96. The molecule has 6 heteroatoms. The molecule has 2 rings (SSSR count). The molecule has 2 unspecified atom stereocenters. The van der Waals surface area contributed by atoms with Crippen LogP contribution in [0.2, 0.25) is 0 Å². The van der Waals surface area contributed by atoms with Crippen molar-refractivity contribution in [1.29, 1.82) is 0 Å². The van der Waals surface area contributed by atoms with E-state index in [0.717, 1.165) is 25.9 Å². The van der Waals surface area contributed by atoms with Crippen LogP contribution in [0.25, 0.3) is 0 Å². The second-order valence-electron chi connectivity index (χ2n) is 4.65. The van der Waals surface area contributed by atoms with Crippen LogP contribution in [0.15, 0.2) is 0 Å². The third-order valence-corrected chi connectivity index (χ3v) is 5.01. The van der Waals surface area contributed by atoms with E-state index in [1.807, 2.05) is 0 Å². The highest BCUT2D eigenvalue weighted by Crippen LogP contribution is 2.18. The van der Waals surface area contributed by atoms with Gasteiger partial charge in [0.2, 0.25) is 5.91 Å². The van der Waals surface area contributed by atoms with Crippen molar-refractivity contribution in [1.82, 2.24) is 10.6 Å². The summed E-state index contributed by atoms with van der Waals surface area (Å²) in [4.78, 5) is 11.8. The molecule has 2 aliphatic heterocycles. The van der Waals surface area contributed by atoms with Crippen LogP contribution < -0.4 is 10.6 Å². The fourth-order valence-corrected chi connectivity index (χ4v) is 4.04. The number of hydrogen-bond acceptors (Lipinski definition) is 4. The van der Waals surface area contributed by atoms with Crippen LogP contribution in [-0.2, 0) is 14.6 Å². The monoisotopic (exact) mass is 246 g/mol. The predicted octanol–water partition coefficient (Wildman–Crippen LogP) is -0.711. The van der Waals surface area contributed by atoms with E-state index < -0.39 is 9.84 Å². The second kappa shape index (κ2) is 4.71. The minimum absolute atomic E-state index is 0.0268. The molecule has 0 radical (unpaired) electrons. The van der Waals surface area contributed by atoms with E-state index >= 15 is 0 Å². The van der Waals surface area contributed by atoms with Gasteiger partial charge in [0.05, 0.1) is 17.4 Å². The number of carbonyl (C=O) groups excluding carboxylic acids is 1. The van der Waals surface area contributed by atoms with Crippen molar-refractivity contribution in [3.05, 3.63) is 0 Å². The van der Waals surface area contributed by atoms with E-state index in [0.29, 0.717) is 6.42 Å². The first-order valence-corrected chi connectivity index (χ1v) is 7.60. The van der Waals surface area contributed by atoms with Gasteiger partial charge in [-0.15, -0.1) is 0 Å². The van der Waals surface area contributed by atoms with Crippen LogP contribution >= 0.6 is 0 Å². The number of nitrogens with one attached hydrogen (secondary N) is 2.